The van der Waals surface area contributed by atoms with Crippen LogP contribution in [0.4, 0.5) is 5.82 Å². The van der Waals surface area contributed by atoms with Gasteiger partial charge in [-0.3, -0.25) is 9.89 Å². The zero-order valence-electron chi connectivity index (χ0n) is 10.5. The molecule has 0 spiro atoms. The third kappa shape index (κ3) is 4.44. The van der Waals surface area contributed by atoms with Crippen molar-refractivity contribution in [3.8, 4) is 0 Å². The lowest BCUT2D eigenvalue weighted by molar-refractivity contribution is 0.0916. The molecule has 6 nitrogen and oxygen atoms in total. The second kappa shape index (κ2) is 5.67. The predicted octanol–water partition coefficient (Wildman–Crippen LogP) is 0.784. The van der Waals surface area contributed by atoms with Crippen molar-refractivity contribution in [1.82, 2.24) is 15.5 Å². The van der Waals surface area contributed by atoms with Gasteiger partial charge in [-0.25, -0.2) is 0 Å². The first-order valence-corrected chi connectivity index (χ1v) is 5.52. The van der Waals surface area contributed by atoms with Gasteiger partial charge in [0.05, 0.1) is 0 Å². The monoisotopic (exact) mass is 240 g/mol. The molecule has 0 bridgehead atoms. The number of nitrogens with two attached hydrogens (primary N) is 1. The number of carbonyl (C=O) groups is 1. The molecule has 17 heavy (non-hydrogen) atoms. The third-order valence-electron chi connectivity index (χ3n) is 2.55. The molecule has 0 aliphatic rings. The number of anilines is 1. The Bertz CT molecular complexity index is 373. The van der Waals surface area contributed by atoms with Crippen LogP contribution in [0, 0.1) is 5.41 Å². The Labute approximate surface area is 101 Å². The number of methoxy groups -OCH3 is 1. The molecule has 0 aliphatic heterocycles. The van der Waals surface area contributed by atoms with Gasteiger partial charge < -0.3 is 15.8 Å². The molecule has 0 saturated heterocycles. The van der Waals surface area contributed by atoms with E-state index in [1.807, 2.05) is 0 Å². The van der Waals surface area contributed by atoms with Gasteiger partial charge in [0.25, 0.3) is 5.91 Å². The van der Waals surface area contributed by atoms with Crippen molar-refractivity contribution in [3.05, 3.63) is 11.8 Å². The average molecular weight is 240 g/mol. The van der Waals surface area contributed by atoms with Crippen molar-refractivity contribution in [1.29, 1.82) is 0 Å². The maximum Gasteiger partial charge on any atom is 0.269 e. The van der Waals surface area contributed by atoms with Crippen LogP contribution in [0.3, 0.4) is 0 Å². The first-order valence-electron chi connectivity index (χ1n) is 5.52. The fraction of sp³-hybridized carbons (Fsp3) is 0.636. The van der Waals surface area contributed by atoms with E-state index in [1.54, 1.807) is 7.11 Å². The fourth-order valence-corrected chi connectivity index (χ4v) is 1.34. The van der Waals surface area contributed by atoms with Crippen molar-refractivity contribution in [2.45, 2.75) is 20.3 Å². The largest absolute Gasteiger partial charge is 0.385 e. The van der Waals surface area contributed by atoms with Crippen molar-refractivity contribution in [2.75, 3.05) is 26.0 Å². The molecule has 1 aromatic heterocycles. The van der Waals surface area contributed by atoms with E-state index in [0.29, 0.717) is 24.7 Å². The molecule has 0 unspecified atom stereocenters. The summed E-state index contributed by atoms with van der Waals surface area (Å²) < 4.78 is 5.03. The summed E-state index contributed by atoms with van der Waals surface area (Å²) in [6.45, 7) is 5.41. The first-order chi connectivity index (χ1) is 7.94. The van der Waals surface area contributed by atoms with Gasteiger partial charge in [0.2, 0.25) is 0 Å². The van der Waals surface area contributed by atoms with Gasteiger partial charge in [0, 0.05) is 26.3 Å². The van der Waals surface area contributed by atoms with Crippen LogP contribution in [0.1, 0.15) is 30.8 Å². The van der Waals surface area contributed by atoms with Gasteiger partial charge in [0.15, 0.2) is 0 Å². The van der Waals surface area contributed by atoms with E-state index in [9.17, 15) is 4.79 Å². The van der Waals surface area contributed by atoms with Crippen LogP contribution in [-0.2, 0) is 4.74 Å². The molecule has 0 aromatic carbocycles. The van der Waals surface area contributed by atoms with Gasteiger partial charge in [0.1, 0.15) is 11.5 Å². The highest BCUT2D eigenvalue weighted by Crippen LogP contribution is 2.18. The Morgan fingerprint density at radius 3 is 2.88 bits per heavy atom. The fourth-order valence-electron chi connectivity index (χ4n) is 1.34. The van der Waals surface area contributed by atoms with Crippen LogP contribution in [0.25, 0.3) is 0 Å². The normalized spacial score (nSPS) is 11.5. The van der Waals surface area contributed by atoms with E-state index in [4.69, 9.17) is 10.5 Å². The molecule has 1 heterocycles. The minimum atomic E-state index is -0.195. The average Bonchev–Trinajstić information content (AvgIpc) is 2.70. The van der Waals surface area contributed by atoms with Crippen LogP contribution < -0.4 is 11.1 Å². The van der Waals surface area contributed by atoms with Crippen LogP contribution in [-0.4, -0.2) is 36.4 Å². The van der Waals surface area contributed by atoms with Gasteiger partial charge in [-0.05, 0) is 11.8 Å². The van der Waals surface area contributed by atoms with Crippen molar-refractivity contribution in [2.24, 2.45) is 5.41 Å². The van der Waals surface area contributed by atoms with E-state index in [1.165, 1.54) is 6.07 Å². The molecular formula is C11H20N4O2. The molecule has 0 fully saturated rings. The highest BCUT2D eigenvalue weighted by Gasteiger charge is 2.19. The van der Waals surface area contributed by atoms with Crippen molar-refractivity contribution >= 4 is 11.7 Å². The number of hydrogen-bond donors (Lipinski definition) is 3. The highest BCUT2D eigenvalue weighted by atomic mass is 16.5. The summed E-state index contributed by atoms with van der Waals surface area (Å²) in [6.07, 6.45) is 0.884. The number of hydrogen-bond acceptors (Lipinski definition) is 4. The first kappa shape index (κ1) is 13.5. The minimum absolute atomic E-state index is 0.00274. The quantitative estimate of drug-likeness (QED) is 0.685. The molecule has 0 saturated carbocycles. The molecule has 1 aromatic rings. The Kier molecular flexibility index (Phi) is 4.51. The number of rotatable bonds is 6. The van der Waals surface area contributed by atoms with E-state index in [2.05, 4.69) is 29.4 Å². The van der Waals surface area contributed by atoms with Gasteiger partial charge in [-0.1, -0.05) is 13.8 Å². The van der Waals surface area contributed by atoms with E-state index in [0.717, 1.165) is 6.42 Å². The number of nitrogen functional groups attached to an aromatic ring is 1. The molecular weight excluding hydrogens is 220 g/mol. The van der Waals surface area contributed by atoms with Gasteiger partial charge >= 0.3 is 0 Å². The summed E-state index contributed by atoms with van der Waals surface area (Å²) in [7, 11) is 1.67. The van der Waals surface area contributed by atoms with Crippen LogP contribution >= 0.6 is 0 Å². The lowest BCUT2D eigenvalue weighted by Gasteiger charge is -2.24. The lowest BCUT2D eigenvalue weighted by atomic mass is 9.90. The smallest absolute Gasteiger partial charge is 0.269 e. The number of carbonyl (C=O) groups excluding carboxylic acids is 1. The molecule has 0 atom stereocenters. The maximum absolute atomic E-state index is 11.7. The standard InChI is InChI=1S/C11H20N4O2/c1-11(2,4-5-17-3)7-13-10(16)8-6-9(12)15-14-8/h6H,4-5,7H2,1-3H3,(H,13,16)(H3,12,14,15). The molecule has 96 valence electrons. The minimum Gasteiger partial charge on any atom is -0.385 e. The molecule has 0 radical (unpaired) electrons. The third-order valence-corrected chi connectivity index (χ3v) is 2.55. The Morgan fingerprint density at radius 1 is 1.65 bits per heavy atom. The maximum atomic E-state index is 11.7. The molecule has 0 aliphatic carbocycles. The number of ether oxygens (including phenoxy) is 1. The summed E-state index contributed by atoms with van der Waals surface area (Å²) in [5.74, 6) is 0.119. The summed E-state index contributed by atoms with van der Waals surface area (Å²) >= 11 is 0. The second-order valence-electron chi connectivity index (χ2n) is 4.80. The Balaban J connectivity index is 2.42. The number of H-pyrrole nitrogens is 1. The Hall–Kier alpha value is -1.56. The van der Waals surface area contributed by atoms with Crippen LogP contribution in [0.2, 0.25) is 0 Å². The lowest BCUT2D eigenvalue weighted by Crippen LogP contribution is -2.34. The van der Waals surface area contributed by atoms with Gasteiger partial charge in [-0.15, -0.1) is 0 Å². The van der Waals surface area contributed by atoms with E-state index < -0.39 is 0 Å². The summed E-state index contributed by atoms with van der Waals surface area (Å²) in [4.78, 5) is 11.7. The zero-order valence-corrected chi connectivity index (χ0v) is 10.5. The second-order valence-corrected chi connectivity index (χ2v) is 4.80. The summed E-state index contributed by atoms with van der Waals surface area (Å²) in [5, 5.41) is 9.12. The zero-order chi connectivity index (χ0) is 12.9. The molecule has 6 heteroatoms. The topological polar surface area (TPSA) is 93.0 Å². The van der Waals surface area contributed by atoms with Crippen molar-refractivity contribution < 1.29 is 9.53 Å². The summed E-state index contributed by atoms with van der Waals surface area (Å²) in [5.41, 5.74) is 5.80. The molecule has 1 amide bonds. The Morgan fingerprint density at radius 2 is 2.35 bits per heavy atom. The van der Waals surface area contributed by atoms with Gasteiger partial charge in [-0.2, -0.15) is 5.10 Å². The van der Waals surface area contributed by atoms with Crippen LogP contribution in [0.5, 0.6) is 0 Å². The number of nitrogens with zero attached hydrogens (tertiary/aromatic N) is 1. The number of amides is 1. The number of nitrogens with one attached hydrogen (secondary N) is 2. The SMILES string of the molecule is COCCC(C)(C)CNC(=O)c1cc(N)n[nH]1. The summed E-state index contributed by atoms with van der Waals surface area (Å²) in [6, 6.07) is 1.51. The number of aromatic amines is 1. The molecule has 4 N–H and O–H groups in total. The number of aromatic nitrogens is 2. The van der Waals surface area contributed by atoms with E-state index >= 15 is 0 Å². The highest BCUT2D eigenvalue weighted by molar-refractivity contribution is 5.92. The predicted molar refractivity (Wildman–Crippen MR) is 65.6 cm³/mol. The van der Waals surface area contributed by atoms with Crippen molar-refractivity contribution in [3.63, 3.8) is 0 Å². The molecule has 1 rings (SSSR count). The van der Waals surface area contributed by atoms with Crippen LogP contribution in [0.15, 0.2) is 6.07 Å². The van der Waals surface area contributed by atoms with E-state index in [-0.39, 0.29) is 11.3 Å².